The van der Waals surface area contributed by atoms with Crippen LogP contribution in [-0.2, 0) is 0 Å². The van der Waals surface area contributed by atoms with Gasteiger partial charge in [0.25, 0.3) is 0 Å². The largest absolute Gasteiger partial charge is 0.398 e. The van der Waals surface area contributed by atoms with Crippen molar-refractivity contribution in [3.05, 3.63) is 53.6 Å². The maximum absolute atomic E-state index is 12.8. The third kappa shape index (κ3) is 1.86. The number of nitrogen functional groups attached to an aromatic ring is 1. The van der Waals surface area contributed by atoms with Gasteiger partial charge in [-0.05, 0) is 18.2 Å². The maximum Gasteiger partial charge on any atom is 0.200 e. The number of hydrogen-bond donors (Lipinski definition) is 2. The number of fused-ring (bicyclic) bond motifs is 3. The highest BCUT2D eigenvalue weighted by atomic mass is 16.1. The van der Waals surface area contributed by atoms with Crippen molar-refractivity contribution in [1.82, 2.24) is 10.2 Å². The number of aromatic nitrogens is 2. The second-order valence-corrected chi connectivity index (χ2v) is 5.86. The molecule has 0 bridgehead atoms. The average molecular weight is 304 g/mol. The molecular formula is C18H16N4O. The Balaban J connectivity index is 1.85. The first-order valence-corrected chi connectivity index (χ1v) is 7.37. The van der Waals surface area contributed by atoms with Crippen LogP contribution in [0.4, 0.5) is 11.4 Å². The predicted molar refractivity (Wildman–Crippen MR) is 91.6 cm³/mol. The Labute approximate surface area is 133 Å². The Morgan fingerprint density at radius 1 is 1.04 bits per heavy atom. The summed E-state index contributed by atoms with van der Waals surface area (Å²) < 4.78 is 0. The fourth-order valence-corrected chi connectivity index (χ4v) is 3.04. The molecule has 0 spiro atoms. The molecule has 5 nitrogen and oxygen atoms in total. The lowest BCUT2D eigenvalue weighted by Gasteiger charge is -2.12. The molecule has 0 saturated carbocycles. The number of nitrogens with two attached hydrogens (primary N) is 1. The number of carbonyl (C=O) groups is 1. The van der Waals surface area contributed by atoms with E-state index in [1.165, 1.54) is 0 Å². The fourth-order valence-electron chi connectivity index (χ4n) is 3.04. The van der Waals surface area contributed by atoms with Gasteiger partial charge in [-0.2, -0.15) is 5.10 Å². The van der Waals surface area contributed by atoms with Gasteiger partial charge < -0.3 is 10.6 Å². The smallest absolute Gasteiger partial charge is 0.200 e. The van der Waals surface area contributed by atoms with Crippen molar-refractivity contribution in [1.29, 1.82) is 0 Å². The summed E-state index contributed by atoms with van der Waals surface area (Å²) in [5.74, 6) is -0.0615. The van der Waals surface area contributed by atoms with Gasteiger partial charge in [0.1, 0.15) is 5.69 Å². The average Bonchev–Trinajstić information content (AvgIpc) is 3.09. The number of H-pyrrole nitrogens is 1. The molecule has 5 heteroatoms. The number of nitrogens with zero attached hydrogens (tertiary/aromatic N) is 2. The van der Waals surface area contributed by atoms with Crippen molar-refractivity contribution in [2.75, 3.05) is 24.7 Å². The lowest BCUT2D eigenvalue weighted by atomic mass is 10.0. The highest BCUT2D eigenvalue weighted by molar-refractivity contribution is 6.26. The minimum atomic E-state index is -0.0615. The van der Waals surface area contributed by atoms with Gasteiger partial charge >= 0.3 is 0 Å². The molecule has 1 aliphatic carbocycles. The Morgan fingerprint density at radius 2 is 1.78 bits per heavy atom. The molecular weight excluding hydrogens is 288 g/mol. The van der Waals surface area contributed by atoms with Crippen LogP contribution in [0.2, 0.25) is 0 Å². The van der Waals surface area contributed by atoms with Crippen molar-refractivity contribution >= 4 is 17.2 Å². The summed E-state index contributed by atoms with van der Waals surface area (Å²) in [5, 5.41) is 7.36. The van der Waals surface area contributed by atoms with Crippen LogP contribution >= 0.6 is 0 Å². The Kier molecular flexibility index (Phi) is 2.78. The molecule has 3 N–H and O–H groups in total. The third-order valence-corrected chi connectivity index (χ3v) is 4.24. The predicted octanol–water partition coefficient (Wildman–Crippen LogP) is 2.94. The molecule has 1 aromatic heterocycles. The summed E-state index contributed by atoms with van der Waals surface area (Å²) in [4.78, 5) is 14.8. The van der Waals surface area contributed by atoms with Crippen LogP contribution in [0.1, 0.15) is 15.9 Å². The van der Waals surface area contributed by atoms with Crippen molar-refractivity contribution in [2.24, 2.45) is 0 Å². The van der Waals surface area contributed by atoms with Crippen LogP contribution in [0.15, 0.2) is 42.5 Å². The van der Waals surface area contributed by atoms with Crippen molar-refractivity contribution in [3.63, 3.8) is 0 Å². The van der Waals surface area contributed by atoms with Crippen molar-refractivity contribution < 1.29 is 4.79 Å². The van der Waals surface area contributed by atoms with E-state index in [1.54, 1.807) is 6.07 Å². The van der Waals surface area contributed by atoms with Gasteiger partial charge in [-0.15, -0.1) is 0 Å². The molecule has 0 radical (unpaired) electrons. The number of anilines is 2. The van der Waals surface area contributed by atoms with Gasteiger partial charge in [0.05, 0.1) is 16.8 Å². The number of benzene rings is 2. The van der Waals surface area contributed by atoms with Crippen LogP contribution < -0.4 is 10.6 Å². The van der Waals surface area contributed by atoms with E-state index < -0.39 is 0 Å². The normalized spacial score (nSPS) is 12.2. The Hall–Kier alpha value is -3.08. The van der Waals surface area contributed by atoms with E-state index in [2.05, 4.69) is 10.2 Å². The van der Waals surface area contributed by atoms with E-state index in [1.807, 2.05) is 55.4 Å². The molecule has 0 fully saturated rings. The minimum absolute atomic E-state index is 0.0615. The summed E-state index contributed by atoms with van der Waals surface area (Å²) in [7, 11) is 3.98. The first kappa shape index (κ1) is 13.6. The van der Waals surface area contributed by atoms with Crippen LogP contribution in [0.5, 0.6) is 0 Å². The standard InChI is InChI=1S/C18H16N4O/c1-22(2)11-8-6-10(7-9-11)16-15-17(21-20-16)12-4-3-5-13(19)14(12)18(15)23/h3-9H,19H2,1-2H3,(H,20,21). The fraction of sp³-hybridized carbons (Fsp3) is 0.111. The highest BCUT2D eigenvalue weighted by Crippen LogP contribution is 2.42. The Bertz CT molecular complexity index is 923. The summed E-state index contributed by atoms with van der Waals surface area (Å²) >= 11 is 0. The van der Waals surface area contributed by atoms with Crippen molar-refractivity contribution in [3.8, 4) is 22.5 Å². The molecule has 1 aliphatic rings. The number of rotatable bonds is 2. The molecule has 0 saturated heterocycles. The molecule has 23 heavy (non-hydrogen) atoms. The molecule has 0 amide bonds. The quantitative estimate of drug-likeness (QED) is 0.558. The van der Waals surface area contributed by atoms with Crippen LogP contribution in [0.25, 0.3) is 22.5 Å². The topological polar surface area (TPSA) is 75.0 Å². The lowest BCUT2D eigenvalue weighted by molar-refractivity contribution is 0.104. The molecule has 1 heterocycles. The summed E-state index contributed by atoms with van der Waals surface area (Å²) in [6.45, 7) is 0. The molecule has 0 atom stereocenters. The zero-order chi connectivity index (χ0) is 16.1. The summed E-state index contributed by atoms with van der Waals surface area (Å²) in [6, 6.07) is 13.5. The first-order chi connectivity index (χ1) is 11.1. The molecule has 4 rings (SSSR count). The van der Waals surface area contributed by atoms with Gasteiger partial charge in [0, 0.05) is 36.6 Å². The monoisotopic (exact) mass is 304 g/mol. The van der Waals surface area contributed by atoms with Gasteiger partial charge in [-0.1, -0.05) is 24.3 Å². The number of carbonyl (C=O) groups excluding carboxylic acids is 1. The molecule has 2 aromatic carbocycles. The zero-order valence-corrected chi connectivity index (χ0v) is 12.9. The first-order valence-electron chi connectivity index (χ1n) is 7.37. The summed E-state index contributed by atoms with van der Waals surface area (Å²) in [6.07, 6.45) is 0. The number of nitrogens with one attached hydrogen (secondary N) is 1. The van der Waals surface area contributed by atoms with E-state index >= 15 is 0 Å². The molecule has 0 unspecified atom stereocenters. The van der Waals surface area contributed by atoms with E-state index in [9.17, 15) is 4.79 Å². The Morgan fingerprint density at radius 3 is 2.48 bits per heavy atom. The second-order valence-electron chi connectivity index (χ2n) is 5.86. The second kappa shape index (κ2) is 4.71. The lowest BCUT2D eigenvalue weighted by Crippen LogP contribution is -2.08. The van der Waals surface area contributed by atoms with E-state index in [-0.39, 0.29) is 5.78 Å². The molecule has 114 valence electrons. The number of hydrogen-bond acceptors (Lipinski definition) is 4. The van der Waals surface area contributed by atoms with Crippen LogP contribution in [-0.4, -0.2) is 30.1 Å². The van der Waals surface area contributed by atoms with Gasteiger partial charge in [0.2, 0.25) is 0 Å². The van der Waals surface area contributed by atoms with Gasteiger partial charge in [-0.3, -0.25) is 9.89 Å². The number of ketones is 1. The van der Waals surface area contributed by atoms with Gasteiger partial charge in [-0.25, -0.2) is 0 Å². The van der Waals surface area contributed by atoms with Crippen LogP contribution in [0, 0.1) is 0 Å². The summed E-state index contributed by atoms with van der Waals surface area (Å²) in [5.41, 5.74) is 11.9. The highest BCUT2D eigenvalue weighted by Gasteiger charge is 2.33. The number of aromatic amines is 1. The van der Waals surface area contributed by atoms with Crippen LogP contribution in [0.3, 0.4) is 0 Å². The minimum Gasteiger partial charge on any atom is -0.398 e. The van der Waals surface area contributed by atoms with Crippen molar-refractivity contribution in [2.45, 2.75) is 0 Å². The van der Waals surface area contributed by atoms with E-state index in [4.69, 9.17) is 5.73 Å². The van der Waals surface area contributed by atoms with E-state index in [0.717, 1.165) is 22.5 Å². The van der Waals surface area contributed by atoms with E-state index in [0.29, 0.717) is 22.5 Å². The molecule has 3 aromatic rings. The molecule has 0 aliphatic heterocycles. The zero-order valence-electron chi connectivity index (χ0n) is 12.9. The van der Waals surface area contributed by atoms with Gasteiger partial charge in [0.15, 0.2) is 5.78 Å². The SMILES string of the molecule is CN(C)c1ccc(-c2n[nH]c3c2C(=O)c2c(N)cccc2-3)cc1. The third-order valence-electron chi connectivity index (χ3n) is 4.24. The maximum atomic E-state index is 12.8.